The monoisotopic (exact) mass is 425 g/mol. The molecule has 3 aromatic heterocycles. The van der Waals surface area contributed by atoms with E-state index < -0.39 is 0 Å². The number of benzene rings is 2. The SMILES string of the molecule is COc1ccccc1-c1cc(NC(=O)c2cc(-c3ccccc3)nc3onc(C)c23)n[nH]1. The lowest BCUT2D eigenvalue weighted by Crippen LogP contribution is -2.13. The third-order valence-corrected chi connectivity index (χ3v) is 5.15. The Balaban J connectivity index is 1.51. The van der Waals surface area contributed by atoms with Gasteiger partial charge in [0, 0.05) is 17.2 Å². The van der Waals surface area contributed by atoms with Crippen molar-refractivity contribution < 1.29 is 14.1 Å². The number of carbonyl (C=O) groups is 1. The number of pyridine rings is 1. The van der Waals surface area contributed by atoms with Crippen LogP contribution in [0.3, 0.4) is 0 Å². The summed E-state index contributed by atoms with van der Waals surface area (Å²) in [6.45, 7) is 1.78. The van der Waals surface area contributed by atoms with E-state index in [-0.39, 0.29) is 5.91 Å². The standard InChI is InChI=1S/C24H19N5O3/c1-14-22-17(12-18(25-24(22)32-29-14)15-8-4-3-5-9-15)23(30)26-21-13-19(27-28-21)16-10-6-7-11-20(16)31-2/h3-13H,1-2H3,(H2,26,27,28,30). The molecule has 0 aliphatic carbocycles. The van der Waals surface area contributed by atoms with E-state index in [0.29, 0.717) is 39.6 Å². The fourth-order valence-corrected chi connectivity index (χ4v) is 3.61. The number of hydrogen-bond acceptors (Lipinski definition) is 6. The average molecular weight is 425 g/mol. The number of hydrogen-bond donors (Lipinski definition) is 2. The highest BCUT2D eigenvalue weighted by atomic mass is 16.5. The van der Waals surface area contributed by atoms with Gasteiger partial charge in [0.15, 0.2) is 5.82 Å². The molecule has 0 aliphatic rings. The summed E-state index contributed by atoms with van der Waals surface area (Å²) in [4.78, 5) is 17.8. The first-order valence-corrected chi connectivity index (χ1v) is 9.96. The largest absolute Gasteiger partial charge is 0.496 e. The van der Waals surface area contributed by atoms with Gasteiger partial charge in [0.1, 0.15) is 5.75 Å². The van der Waals surface area contributed by atoms with E-state index >= 15 is 0 Å². The Morgan fingerprint density at radius 2 is 1.84 bits per heavy atom. The van der Waals surface area contributed by atoms with Gasteiger partial charge in [0.25, 0.3) is 11.6 Å². The maximum atomic E-state index is 13.2. The zero-order valence-electron chi connectivity index (χ0n) is 17.4. The van der Waals surface area contributed by atoms with Crippen molar-refractivity contribution in [2.24, 2.45) is 0 Å². The van der Waals surface area contributed by atoms with Crippen LogP contribution in [-0.4, -0.2) is 33.4 Å². The summed E-state index contributed by atoms with van der Waals surface area (Å²) in [5.41, 5.74) is 4.38. The van der Waals surface area contributed by atoms with E-state index in [1.807, 2.05) is 54.6 Å². The normalized spacial score (nSPS) is 10.9. The molecule has 0 unspecified atom stereocenters. The lowest BCUT2D eigenvalue weighted by Gasteiger charge is -2.07. The van der Waals surface area contributed by atoms with Crippen molar-refractivity contribution in [3.8, 4) is 28.3 Å². The number of carbonyl (C=O) groups excluding carboxylic acids is 1. The summed E-state index contributed by atoms with van der Waals surface area (Å²) >= 11 is 0. The summed E-state index contributed by atoms with van der Waals surface area (Å²) in [6, 6.07) is 20.7. The van der Waals surface area contributed by atoms with Crippen LogP contribution in [0, 0.1) is 6.92 Å². The topological polar surface area (TPSA) is 106 Å². The number of H-pyrrole nitrogens is 1. The molecule has 0 atom stereocenters. The van der Waals surface area contributed by atoms with Crippen molar-refractivity contribution in [2.45, 2.75) is 6.92 Å². The molecule has 0 fully saturated rings. The zero-order chi connectivity index (χ0) is 22.1. The Kier molecular flexibility index (Phi) is 4.87. The molecule has 3 heterocycles. The van der Waals surface area contributed by atoms with Crippen LogP contribution >= 0.6 is 0 Å². The highest BCUT2D eigenvalue weighted by molar-refractivity contribution is 6.12. The fourth-order valence-electron chi connectivity index (χ4n) is 3.61. The van der Waals surface area contributed by atoms with Crippen LogP contribution in [0.25, 0.3) is 33.6 Å². The van der Waals surface area contributed by atoms with Gasteiger partial charge in [-0.2, -0.15) is 5.10 Å². The first-order chi connectivity index (χ1) is 15.6. The third kappa shape index (κ3) is 3.47. The zero-order valence-corrected chi connectivity index (χ0v) is 17.4. The maximum absolute atomic E-state index is 13.2. The minimum atomic E-state index is -0.334. The second-order valence-electron chi connectivity index (χ2n) is 7.19. The van der Waals surface area contributed by atoms with E-state index in [1.165, 1.54) is 0 Å². The van der Waals surface area contributed by atoms with Crippen LogP contribution in [-0.2, 0) is 0 Å². The van der Waals surface area contributed by atoms with Gasteiger partial charge in [-0.15, -0.1) is 0 Å². The molecule has 8 heteroatoms. The predicted molar refractivity (Wildman–Crippen MR) is 121 cm³/mol. The molecule has 0 spiro atoms. The van der Waals surface area contributed by atoms with Crippen LogP contribution in [0.2, 0.25) is 0 Å². The number of para-hydroxylation sites is 1. The smallest absolute Gasteiger partial charge is 0.259 e. The summed E-state index contributed by atoms with van der Waals surface area (Å²) < 4.78 is 10.8. The van der Waals surface area contributed by atoms with Gasteiger partial charge < -0.3 is 14.6 Å². The molecule has 32 heavy (non-hydrogen) atoms. The molecule has 5 rings (SSSR count). The number of aryl methyl sites for hydroxylation is 1. The molecule has 2 aromatic carbocycles. The lowest BCUT2D eigenvalue weighted by atomic mass is 10.1. The molecule has 5 aromatic rings. The number of aromatic amines is 1. The van der Waals surface area contributed by atoms with E-state index in [2.05, 4.69) is 25.7 Å². The number of anilines is 1. The Morgan fingerprint density at radius 1 is 1.06 bits per heavy atom. The molecule has 1 amide bonds. The average Bonchev–Trinajstić information content (AvgIpc) is 3.45. The highest BCUT2D eigenvalue weighted by Gasteiger charge is 2.20. The quantitative estimate of drug-likeness (QED) is 0.417. The first kappa shape index (κ1) is 19.5. The Labute approximate surface area is 183 Å². The van der Waals surface area contributed by atoms with Crippen molar-refractivity contribution in [1.29, 1.82) is 0 Å². The first-order valence-electron chi connectivity index (χ1n) is 9.96. The molecule has 0 aliphatic heterocycles. The second-order valence-corrected chi connectivity index (χ2v) is 7.19. The number of amides is 1. The number of methoxy groups -OCH3 is 1. The molecular formula is C24H19N5O3. The number of aromatic nitrogens is 4. The Hall–Kier alpha value is -4.46. The van der Waals surface area contributed by atoms with Crippen molar-refractivity contribution in [3.05, 3.63) is 78.0 Å². The minimum absolute atomic E-state index is 0.311. The van der Waals surface area contributed by atoms with E-state index in [1.54, 1.807) is 26.2 Å². The molecule has 0 bridgehead atoms. The number of nitrogens with one attached hydrogen (secondary N) is 2. The number of rotatable bonds is 5. The molecule has 0 saturated carbocycles. The number of fused-ring (bicyclic) bond motifs is 1. The van der Waals surface area contributed by atoms with E-state index in [0.717, 1.165) is 16.8 Å². The summed E-state index contributed by atoms with van der Waals surface area (Å²) in [5, 5.41) is 14.6. The molecule has 8 nitrogen and oxygen atoms in total. The van der Waals surface area contributed by atoms with Crippen LogP contribution in [0.1, 0.15) is 16.1 Å². The van der Waals surface area contributed by atoms with Gasteiger partial charge in [-0.1, -0.05) is 47.6 Å². The molecule has 0 radical (unpaired) electrons. The maximum Gasteiger partial charge on any atom is 0.259 e. The fraction of sp³-hybridized carbons (Fsp3) is 0.0833. The second kappa shape index (κ2) is 7.99. The molecular weight excluding hydrogens is 406 g/mol. The Morgan fingerprint density at radius 3 is 2.66 bits per heavy atom. The van der Waals surface area contributed by atoms with Gasteiger partial charge in [-0.25, -0.2) is 4.98 Å². The van der Waals surface area contributed by atoms with E-state index in [9.17, 15) is 4.79 Å². The molecule has 0 saturated heterocycles. The van der Waals surface area contributed by atoms with Crippen LogP contribution in [0.4, 0.5) is 5.82 Å². The van der Waals surface area contributed by atoms with Crippen molar-refractivity contribution in [1.82, 2.24) is 20.3 Å². The Bertz CT molecular complexity index is 1420. The third-order valence-electron chi connectivity index (χ3n) is 5.15. The van der Waals surface area contributed by atoms with Crippen molar-refractivity contribution in [2.75, 3.05) is 12.4 Å². The minimum Gasteiger partial charge on any atom is -0.496 e. The summed E-state index contributed by atoms with van der Waals surface area (Å²) in [5.74, 6) is 0.757. The van der Waals surface area contributed by atoms with Crippen LogP contribution in [0.15, 0.2) is 71.3 Å². The lowest BCUT2D eigenvalue weighted by molar-refractivity contribution is 0.102. The van der Waals surface area contributed by atoms with E-state index in [4.69, 9.17) is 9.26 Å². The van der Waals surface area contributed by atoms with Gasteiger partial charge >= 0.3 is 0 Å². The van der Waals surface area contributed by atoms with Crippen molar-refractivity contribution >= 4 is 22.8 Å². The highest BCUT2D eigenvalue weighted by Crippen LogP contribution is 2.30. The van der Waals surface area contributed by atoms with Crippen molar-refractivity contribution in [3.63, 3.8) is 0 Å². The van der Waals surface area contributed by atoms with Gasteiger partial charge in [-0.3, -0.25) is 9.89 Å². The van der Waals surface area contributed by atoms with Gasteiger partial charge in [0.05, 0.1) is 35.1 Å². The number of nitrogens with zero attached hydrogens (tertiary/aromatic N) is 3. The molecule has 2 N–H and O–H groups in total. The summed E-state index contributed by atoms with van der Waals surface area (Å²) in [6.07, 6.45) is 0. The molecule has 158 valence electrons. The van der Waals surface area contributed by atoms with Crippen LogP contribution in [0.5, 0.6) is 5.75 Å². The predicted octanol–water partition coefficient (Wildman–Crippen LogP) is 4.85. The van der Waals surface area contributed by atoms with Crippen LogP contribution < -0.4 is 10.1 Å². The van der Waals surface area contributed by atoms with Gasteiger partial charge in [0.2, 0.25) is 0 Å². The number of ether oxygens (including phenoxy) is 1. The van der Waals surface area contributed by atoms with Gasteiger partial charge in [-0.05, 0) is 25.1 Å². The summed E-state index contributed by atoms with van der Waals surface area (Å²) in [7, 11) is 1.61.